The van der Waals surface area contributed by atoms with Crippen LogP contribution in [0.3, 0.4) is 0 Å². The molecule has 0 aromatic heterocycles. The zero-order valence-corrected chi connectivity index (χ0v) is 14.3. The first-order valence-electron chi connectivity index (χ1n) is 7.58. The number of nitrogens with two attached hydrogens (primary N) is 1. The van der Waals surface area contributed by atoms with Gasteiger partial charge < -0.3 is 15.8 Å². The Morgan fingerprint density at radius 3 is 2.96 bits per heavy atom. The van der Waals surface area contributed by atoms with Crippen molar-refractivity contribution in [1.29, 1.82) is 0 Å². The van der Waals surface area contributed by atoms with Crippen molar-refractivity contribution in [3.63, 3.8) is 0 Å². The summed E-state index contributed by atoms with van der Waals surface area (Å²) in [5, 5.41) is 2.99. The molecule has 1 aromatic rings. The smallest absolute Gasteiger partial charge is 0.211 e. The van der Waals surface area contributed by atoms with Crippen LogP contribution < -0.4 is 15.8 Å². The Balaban J connectivity index is 2.00. The number of ether oxygens (including phenoxy) is 1. The van der Waals surface area contributed by atoms with E-state index >= 15 is 0 Å². The van der Waals surface area contributed by atoms with E-state index < -0.39 is 10.0 Å². The first-order chi connectivity index (χ1) is 10.9. The maximum atomic E-state index is 11.8. The Bertz CT molecular complexity index is 660. The molecule has 128 valence electrons. The molecule has 1 aromatic carbocycles. The van der Waals surface area contributed by atoms with Gasteiger partial charge in [0.2, 0.25) is 10.0 Å². The summed E-state index contributed by atoms with van der Waals surface area (Å²) in [6.07, 6.45) is 3.95. The zero-order valence-electron chi connectivity index (χ0n) is 13.5. The number of anilines is 1. The number of aliphatic imine (C=N–C) groups is 1. The summed E-state index contributed by atoms with van der Waals surface area (Å²) in [5.41, 5.74) is 6.67. The number of sulfonamides is 1. The number of methoxy groups -OCH3 is 1. The summed E-state index contributed by atoms with van der Waals surface area (Å²) in [6.45, 7) is 0.915. The van der Waals surface area contributed by atoms with E-state index in [-0.39, 0.29) is 12.0 Å². The Labute approximate surface area is 137 Å². The standard InChI is InChI=1S/C15H24N4O3S/c1-22-14-8-5-6-12(10-14)18-15(16)17-11-13-7-3-4-9-19(13)23(2,20)21/h5-6,8,10,13H,3-4,7,9,11H2,1-2H3,(H3,16,17,18). The molecule has 23 heavy (non-hydrogen) atoms. The van der Waals surface area contributed by atoms with E-state index in [0.29, 0.717) is 13.1 Å². The number of guanidine groups is 1. The van der Waals surface area contributed by atoms with E-state index in [1.54, 1.807) is 7.11 Å². The first kappa shape index (κ1) is 17.6. The second-order valence-corrected chi connectivity index (χ2v) is 7.54. The van der Waals surface area contributed by atoms with Gasteiger partial charge in [0.05, 0.1) is 19.9 Å². The van der Waals surface area contributed by atoms with E-state index in [1.807, 2.05) is 24.3 Å². The van der Waals surface area contributed by atoms with Crippen LogP contribution in [0.1, 0.15) is 19.3 Å². The van der Waals surface area contributed by atoms with Crippen LogP contribution in [-0.4, -0.2) is 51.2 Å². The Kier molecular flexibility index (Phi) is 5.84. The van der Waals surface area contributed by atoms with E-state index in [9.17, 15) is 8.42 Å². The SMILES string of the molecule is COc1cccc(NC(N)=NCC2CCCCN2S(C)(=O)=O)c1. The Morgan fingerprint density at radius 2 is 2.26 bits per heavy atom. The lowest BCUT2D eigenvalue weighted by Gasteiger charge is -2.32. The Morgan fingerprint density at radius 1 is 1.48 bits per heavy atom. The van der Waals surface area contributed by atoms with Gasteiger partial charge in [-0.25, -0.2) is 8.42 Å². The lowest BCUT2D eigenvalue weighted by Crippen LogP contribution is -2.45. The summed E-state index contributed by atoms with van der Waals surface area (Å²) < 4.78 is 30.3. The number of nitrogens with zero attached hydrogens (tertiary/aromatic N) is 2. The number of rotatable bonds is 5. The molecule has 0 spiro atoms. The van der Waals surface area contributed by atoms with Gasteiger partial charge in [0.25, 0.3) is 0 Å². The molecule has 1 heterocycles. The second-order valence-electron chi connectivity index (χ2n) is 5.61. The molecule has 1 saturated heterocycles. The van der Waals surface area contributed by atoms with Crippen LogP contribution >= 0.6 is 0 Å². The van der Waals surface area contributed by atoms with E-state index in [2.05, 4.69) is 10.3 Å². The van der Waals surface area contributed by atoms with Crippen LogP contribution in [0.5, 0.6) is 5.75 Å². The van der Waals surface area contributed by atoms with Crippen LogP contribution in [-0.2, 0) is 10.0 Å². The molecule has 1 fully saturated rings. The predicted octanol–water partition coefficient (Wildman–Crippen LogP) is 1.24. The normalized spacial score (nSPS) is 20.3. The fourth-order valence-corrected chi connectivity index (χ4v) is 3.86. The van der Waals surface area contributed by atoms with Crippen molar-refractivity contribution in [2.24, 2.45) is 10.7 Å². The molecule has 1 aliphatic rings. The molecular formula is C15H24N4O3S. The number of piperidine rings is 1. The first-order valence-corrected chi connectivity index (χ1v) is 9.43. The molecule has 8 heteroatoms. The van der Waals surface area contributed by atoms with Crippen LogP contribution in [0.4, 0.5) is 5.69 Å². The maximum absolute atomic E-state index is 11.8. The average molecular weight is 340 g/mol. The van der Waals surface area contributed by atoms with E-state index in [0.717, 1.165) is 30.7 Å². The third kappa shape index (κ3) is 5.11. The average Bonchev–Trinajstić information content (AvgIpc) is 2.52. The van der Waals surface area contributed by atoms with Crippen molar-refractivity contribution in [3.8, 4) is 5.75 Å². The van der Waals surface area contributed by atoms with Gasteiger partial charge in [0.15, 0.2) is 5.96 Å². The van der Waals surface area contributed by atoms with Crippen LogP contribution in [0.2, 0.25) is 0 Å². The van der Waals surface area contributed by atoms with Crippen LogP contribution in [0.25, 0.3) is 0 Å². The van der Waals surface area contributed by atoms with Crippen molar-refractivity contribution in [1.82, 2.24) is 4.31 Å². The molecule has 0 aliphatic carbocycles. The van der Waals surface area contributed by atoms with Gasteiger partial charge in [-0.05, 0) is 25.0 Å². The highest BCUT2D eigenvalue weighted by Gasteiger charge is 2.28. The molecule has 1 aliphatic heterocycles. The quantitative estimate of drug-likeness (QED) is 0.621. The molecule has 1 unspecified atom stereocenters. The second kappa shape index (κ2) is 7.65. The molecule has 0 saturated carbocycles. The third-order valence-corrected chi connectivity index (χ3v) is 5.15. The highest BCUT2D eigenvalue weighted by molar-refractivity contribution is 7.88. The summed E-state index contributed by atoms with van der Waals surface area (Å²) in [5.74, 6) is 0.982. The van der Waals surface area contributed by atoms with Crippen LogP contribution in [0, 0.1) is 0 Å². The number of nitrogens with one attached hydrogen (secondary N) is 1. The van der Waals surface area contributed by atoms with E-state index in [4.69, 9.17) is 10.5 Å². The summed E-state index contributed by atoms with van der Waals surface area (Å²) >= 11 is 0. The maximum Gasteiger partial charge on any atom is 0.211 e. The van der Waals surface area contributed by atoms with Crippen LogP contribution in [0.15, 0.2) is 29.3 Å². The van der Waals surface area contributed by atoms with Crippen molar-refractivity contribution >= 4 is 21.7 Å². The van der Waals surface area contributed by atoms with Gasteiger partial charge in [-0.15, -0.1) is 0 Å². The molecule has 3 N–H and O–H groups in total. The lowest BCUT2D eigenvalue weighted by molar-refractivity contribution is 0.259. The minimum Gasteiger partial charge on any atom is -0.497 e. The van der Waals surface area contributed by atoms with E-state index in [1.165, 1.54) is 10.6 Å². The number of hydrogen-bond acceptors (Lipinski definition) is 4. The number of benzene rings is 1. The molecule has 2 rings (SSSR count). The molecule has 7 nitrogen and oxygen atoms in total. The Hall–Kier alpha value is -1.80. The lowest BCUT2D eigenvalue weighted by atomic mass is 10.1. The largest absolute Gasteiger partial charge is 0.497 e. The number of hydrogen-bond donors (Lipinski definition) is 2. The van der Waals surface area contributed by atoms with Gasteiger partial charge in [-0.3, -0.25) is 4.99 Å². The molecule has 1 atom stereocenters. The van der Waals surface area contributed by atoms with Gasteiger partial charge in [-0.2, -0.15) is 4.31 Å². The van der Waals surface area contributed by atoms with Gasteiger partial charge in [-0.1, -0.05) is 12.5 Å². The monoisotopic (exact) mass is 340 g/mol. The third-order valence-electron chi connectivity index (χ3n) is 3.81. The van der Waals surface area contributed by atoms with Crippen molar-refractivity contribution in [2.75, 3.05) is 31.8 Å². The molecule has 0 amide bonds. The zero-order chi connectivity index (χ0) is 16.9. The summed E-state index contributed by atoms with van der Waals surface area (Å²) in [6, 6.07) is 7.23. The fraction of sp³-hybridized carbons (Fsp3) is 0.533. The highest BCUT2D eigenvalue weighted by Crippen LogP contribution is 2.20. The topological polar surface area (TPSA) is 97.0 Å². The van der Waals surface area contributed by atoms with Gasteiger partial charge in [0, 0.05) is 24.3 Å². The van der Waals surface area contributed by atoms with Gasteiger partial charge >= 0.3 is 0 Å². The predicted molar refractivity (Wildman–Crippen MR) is 92.3 cm³/mol. The van der Waals surface area contributed by atoms with Crippen molar-refractivity contribution in [2.45, 2.75) is 25.3 Å². The minimum absolute atomic E-state index is 0.121. The minimum atomic E-state index is -3.20. The summed E-state index contributed by atoms with van der Waals surface area (Å²) in [4.78, 5) is 4.30. The van der Waals surface area contributed by atoms with Crippen molar-refractivity contribution < 1.29 is 13.2 Å². The molecular weight excluding hydrogens is 316 g/mol. The van der Waals surface area contributed by atoms with Crippen molar-refractivity contribution in [3.05, 3.63) is 24.3 Å². The molecule has 0 bridgehead atoms. The van der Waals surface area contributed by atoms with Gasteiger partial charge in [0.1, 0.15) is 5.75 Å². The summed E-state index contributed by atoms with van der Waals surface area (Å²) in [7, 11) is -1.61. The highest BCUT2D eigenvalue weighted by atomic mass is 32.2. The molecule has 0 radical (unpaired) electrons. The fourth-order valence-electron chi connectivity index (χ4n) is 2.69.